The van der Waals surface area contributed by atoms with Gasteiger partial charge in [-0.2, -0.15) is 0 Å². The maximum absolute atomic E-state index is 13.6. The van der Waals surface area contributed by atoms with Gasteiger partial charge < -0.3 is 18.9 Å². The number of hydrogen-bond donors (Lipinski definition) is 1. The van der Waals surface area contributed by atoms with Crippen molar-refractivity contribution in [1.82, 2.24) is 24.7 Å². The molecule has 4 atom stereocenters. The molecular formula is C23H29ClN6O6S. The fourth-order valence-electron chi connectivity index (χ4n) is 4.30. The van der Waals surface area contributed by atoms with Crippen LogP contribution in [0, 0.1) is 0 Å². The molecule has 1 aliphatic heterocycles. The normalized spacial score (nSPS) is 19.4. The minimum absolute atomic E-state index is 0.0318. The number of halogens is 1. The molecule has 0 aliphatic carbocycles. The summed E-state index contributed by atoms with van der Waals surface area (Å²) in [5, 5.41) is 7.81. The Bertz CT molecular complexity index is 1310. The molecule has 37 heavy (non-hydrogen) atoms. The number of hydrogen-bond acceptors (Lipinski definition) is 10. The molecule has 1 aliphatic rings. The van der Waals surface area contributed by atoms with Crippen molar-refractivity contribution in [3.63, 3.8) is 0 Å². The number of methoxy groups -OCH3 is 3. The van der Waals surface area contributed by atoms with E-state index in [-0.39, 0.29) is 23.8 Å². The van der Waals surface area contributed by atoms with E-state index in [9.17, 15) is 8.42 Å². The van der Waals surface area contributed by atoms with Crippen molar-refractivity contribution in [3.05, 3.63) is 47.3 Å². The van der Waals surface area contributed by atoms with Gasteiger partial charge in [0, 0.05) is 32.0 Å². The van der Waals surface area contributed by atoms with E-state index < -0.39 is 21.4 Å². The van der Waals surface area contributed by atoms with Gasteiger partial charge in [0.15, 0.2) is 5.82 Å². The van der Waals surface area contributed by atoms with E-state index in [4.69, 9.17) is 30.5 Å². The number of para-hydroxylation sites is 1. The summed E-state index contributed by atoms with van der Waals surface area (Å²) >= 11 is 5.88. The average Bonchev–Trinajstić information content (AvgIpc) is 3.49. The van der Waals surface area contributed by atoms with Crippen molar-refractivity contribution in [3.8, 4) is 17.2 Å². The SMILES string of the molecule is COc1cccc(OC)c1-n1c(NS(=O)(=O)C(C)C(OC)c2ncc(Cl)cn2)nnc1[C@@H]1CCO[C@@H]1C. The summed E-state index contributed by atoms with van der Waals surface area (Å²) < 4.78 is 53.8. The fraction of sp³-hybridized carbons (Fsp3) is 0.478. The lowest BCUT2D eigenvalue weighted by Crippen LogP contribution is -2.33. The third-order valence-electron chi connectivity index (χ3n) is 6.32. The minimum atomic E-state index is -4.10. The molecule has 0 radical (unpaired) electrons. The topological polar surface area (TPSA) is 140 Å². The molecule has 1 N–H and O–H groups in total. The first-order valence-corrected chi connectivity index (χ1v) is 13.4. The summed E-state index contributed by atoms with van der Waals surface area (Å²) in [5.41, 5.74) is 0.460. The van der Waals surface area contributed by atoms with Gasteiger partial charge in [-0.15, -0.1) is 10.2 Å². The zero-order valence-electron chi connectivity index (χ0n) is 21.1. The van der Waals surface area contributed by atoms with Crippen molar-refractivity contribution in [2.75, 3.05) is 32.7 Å². The predicted molar refractivity (Wildman–Crippen MR) is 136 cm³/mol. The van der Waals surface area contributed by atoms with Crippen molar-refractivity contribution in [2.45, 2.75) is 43.6 Å². The highest BCUT2D eigenvalue weighted by Crippen LogP contribution is 2.40. The van der Waals surface area contributed by atoms with Gasteiger partial charge in [0.25, 0.3) is 0 Å². The van der Waals surface area contributed by atoms with E-state index >= 15 is 0 Å². The van der Waals surface area contributed by atoms with Gasteiger partial charge in [0.05, 0.1) is 25.3 Å². The second kappa shape index (κ2) is 11.2. The number of benzene rings is 1. The van der Waals surface area contributed by atoms with Gasteiger partial charge >= 0.3 is 0 Å². The summed E-state index contributed by atoms with van der Waals surface area (Å²) in [7, 11) is 0.322. The average molecular weight is 553 g/mol. The third kappa shape index (κ3) is 5.35. The molecule has 1 fully saturated rings. The minimum Gasteiger partial charge on any atom is -0.494 e. The Balaban J connectivity index is 1.80. The number of sulfonamides is 1. The van der Waals surface area contributed by atoms with Crippen molar-refractivity contribution in [2.24, 2.45) is 0 Å². The van der Waals surface area contributed by atoms with Gasteiger partial charge in [-0.1, -0.05) is 17.7 Å². The van der Waals surface area contributed by atoms with E-state index in [0.29, 0.717) is 41.1 Å². The monoisotopic (exact) mass is 552 g/mol. The van der Waals surface area contributed by atoms with Crippen LogP contribution in [0.5, 0.6) is 11.5 Å². The molecule has 3 aromatic rings. The Morgan fingerprint density at radius 1 is 1.14 bits per heavy atom. The third-order valence-corrected chi connectivity index (χ3v) is 8.21. The summed E-state index contributed by atoms with van der Waals surface area (Å²) in [6.07, 6.45) is 2.33. The summed E-state index contributed by atoms with van der Waals surface area (Å²) in [5.74, 6) is 1.43. The number of nitrogens with one attached hydrogen (secondary N) is 1. The number of anilines is 1. The Kier molecular flexibility index (Phi) is 8.17. The molecule has 2 unspecified atom stereocenters. The first-order valence-electron chi connectivity index (χ1n) is 11.5. The Hall–Kier alpha value is -3.00. The van der Waals surface area contributed by atoms with E-state index in [1.807, 2.05) is 6.92 Å². The molecular weight excluding hydrogens is 524 g/mol. The summed E-state index contributed by atoms with van der Waals surface area (Å²) in [4.78, 5) is 8.25. The highest BCUT2D eigenvalue weighted by molar-refractivity contribution is 7.93. The van der Waals surface area contributed by atoms with E-state index in [1.165, 1.54) is 40.6 Å². The number of ether oxygens (including phenoxy) is 4. The zero-order valence-corrected chi connectivity index (χ0v) is 22.7. The van der Waals surface area contributed by atoms with Gasteiger partial charge in [-0.25, -0.2) is 18.4 Å². The van der Waals surface area contributed by atoms with E-state index in [1.54, 1.807) is 22.8 Å². The predicted octanol–water partition coefficient (Wildman–Crippen LogP) is 3.14. The lowest BCUT2D eigenvalue weighted by molar-refractivity contribution is 0.0950. The molecule has 0 spiro atoms. The van der Waals surface area contributed by atoms with Crippen LogP contribution >= 0.6 is 11.6 Å². The highest BCUT2D eigenvalue weighted by atomic mass is 35.5. The van der Waals surface area contributed by atoms with Crippen LogP contribution in [0.3, 0.4) is 0 Å². The second-order valence-corrected chi connectivity index (χ2v) is 10.9. The molecule has 14 heteroatoms. The van der Waals surface area contributed by atoms with Crippen LogP contribution in [0.1, 0.15) is 43.9 Å². The second-order valence-electron chi connectivity index (χ2n) is 8.47. The molecule has 200 valence electrons. The maximum atomic E-state index is 13.6. The van der Waals surface area contributed by atoms with E-state index in [2.05, 4.69) is 24.9 Å². The quantitative estimate of drug-likeness (QED) is 0.399. The van der Waals surface area contributed by atoms with Gasteiger partial charge in [-0.05, 0) is 32.4 Å². The zero-order chi connectivity index (χ0) is 26.7. The molecule has 3 heterocycles. The largest absolute Gasteiger partial charge is 0.494 e. The number of nitrogens with zero attached hydrogens (tertiary/aromatic N) is 5. The highest BCUT2D eigenvalue weighted by Gasteiger charge is 2.37. The van der Waals surface area contributed by atoms with Crippen LogP contribution in [0.15, 0.2) is 30.6 Å². The van der Waals surface area contributed by atoms with Crippen LogP contribution in [-0.4, -0.2) is 72.4 Å². The van der Waals surface area contributed by atoms with E-state index in [0.717, 1.165) is 0 Å². The first-order chi connectivity index (χ1) is 17.7. The maximum Gasteiger partial charge on any atom is 0.243 e. The molecule has 0 saturated carbocycles. The molecule has 2 aromatic heterocycles. The lowest BCUT2D eigenvalue weighted by Gasteiger charge is -2.23. The molecule has 1 aromatic carbocycles. The van der Waals surface area contributed by atoms with Crippen molar-refractivity contribution < 1.29 is 27.4 Å². The fourth-order valence-corrected chi connectivity index (χ4v) is 5.53. The van der Waals surface area contributed by atoms with Gasteiger partial charge in [0.2, 0.25) is 16.0 Å². The van der Waals surface area contributed by atoms with Gasteiger partial charge in [0.1, 0.15) is 34.4 Å². The Morgan fingerprint density at radius 2 is 1.78 bits per heavy atom. The molecule has 1 saturated heterocycles. The molecule has 0 amide bonds. The number of aromatic nitrogens is 5. The van der Waals surface area contributed by atoms with Crippen LogP contribution in [-0.2, 0) is 19.5 Å². The van der Waals surface area contributed by atoms with Crippen LogP contribution in [0.25, 0.3) is 5.69 Å². The lowest BCUT2D eigenvalue weighted by atomic mass is 10.0. The van der Waals surface area contributed by atoms with Crippen molar-refractivity contribution >= 4 is 27.6 Å². The number of rotatable bonds is 10. The molecule has 12 nitrogen and oxygen atoms in total. The summed E-state index contributed by atoms with van der Waals surface area (Å²) in [6, 6.07) is 5.26. The first kappa shape index (κ1) is 27.0. The Morgan fingerprint density at radius 3 is 2.32 bits per heavy atom. The standard InChI is InChI=1S/C23H29ClN6O6S/c1-13-16(9-10-36-13)22-27-28-23(30(22)19-17(33-3)7-6-8-18(19)34-4)29-37(31,32)14(2)20(35-5)21-25-11-15(24)12-26-21/h6-8,11-14,16,20H,9-10H2,1-5H3,(H,28,29)/t13-,14?,16-,20?/m1/s1. The van der Waals surface area contributed by atoms with Crippen molar-refractivity contribution in [1.29, 1.82) is 0 Å². The molecule has 4 rings (SSSR count). The van der Waals surface area contributed by atoms with Crippen LogP contribution in [0.2, 0.25) is 5.02 Å². The Labute approximate surface area is 220 Å². The van der Waals surface area contributed by atoms with Crippen LogP contribution < -0.4 is 14.2 Å². The summed E-state index contributed by atoms with van der Waals surface area (Å²) in [6.45, 7) is 3.99. The van der Waals surface area contributed by atoms with Crippen LogP contribution in [0.4, 0.5) is 5.95 Å². The van der Waals surface area contributed by atoms with Gasteiger partial charge in [-0.3, -0.25) is 9.29 Å². The smallest absolute Gasteiger partial charge is 0.243 e. The molecule has 0 bridgehead atoms.